The minimum atomic E-state index is -3.62. The second kappa shape index (κ2) is 6.94. The fourth-order valence-corrected chi connectivity index (χ4v) is 3.25. The molecule has 25 heavy (non-hydrogen) atoms. The van der Waals surface area contributed by atoms with Crippen molar-refractivity contribution in [2.45, 2.75) is 11.8 Å². The maximum atomic E-state index is 12.3. The molecule has 132 valence electrons. The van der Waals surface area contributed by atoms with Gasteiger partial charge in [-0.25, -0.2) is 8.42 Å². The van der Waals surface area contributed by atoms with Gasteiger partial charge in [-0.3, -0.25) is 4.79 Å². The van der Waals surface area contributed by atoms with Crippen LogP contribution < -0.4 is 16.2 Å². The Kier molecular flexibility index (Phi) is 5.13. The molecule has 0 heterocycles. The van der Waals surface area contributed by atoms with Gasteiger partial charge in [-0.15, -0.1) is 0 Å². The van der Waals surface area contributed by atoms with Crippen LogP contribution in [0.5, 0.6) is 5.75 Å². The number of ether oxygens (including phenoxy) is 1. The Morgan fingerprint density at radius 2 is 1.72 bits per heavy atom. The first-order chi connectivity index (χ1) is 11.6. The molecule has 2 rings (SSSR count). The van der Waals surface area contributed by atoms with Gasteiger partial charge in [0.2, 0.25) is 0 Å². The Hall–Kier alpha value is -2.87. The molecular weight excluding hydrogens is 342 g/mol. The third kappa shape index (κ3) is 4.16. The number of carbonyl (C=O) groups is 1. The summed E-state index contributed by atoms with van der Waals surface area (Å²) in [4.78, 5) is 15.6. The van der Waals surface area contributed by atoms with Crippen LogP contribution in [0.25, 0.3) is 11.1 Å². The van der Waals surface area contributed by atoms with Crippen molar-refractivity contribution in [2.24, 2.45) is 16.5 Å². The van der Waals surface area contributed by atoms with Crippen LogP contribution in [-0.2, 0) is 9.84 Å². The van der Waals surface area contributed by atoms with Gasteiger partial charge in [-0.1, -0.05) is 29.8 Å². The van der Waals surface area contributed by atoms with Crippen LogP contribution >= 0.6 is 0 Å². The van der Waals surface area contributed by atoms with Crippen molar-refractivity contribution in [3.63, 3.8) is 0 Å². The number of guanidine groups is 1. The summed E-state index contributed by atoms with van der Waals surface area (Å²) in [6.45, 7) is 1.93. The Morgan fingerprint density at radius 1 is 1.12 bits per heavy atom. The van der Waals surface area contributed by atoms with Crippen LogP contribution in [0.15, 0.2) is 46.3 Å². The molecule has 0 spiro atoms. The lowest BCUT2D eigenvalue weighted by Gasteiger charge is -2.14. The normalized spacial score (nSPS) is 11.0. The first-order valence-electron chi connectivity index (χ1n) is 7.26. The molecule has 0 bridgehead atoms. The van der Waals surface area contributed by atoms with E-state index < -0.39 is 21.7 Å². The van der Waals surface area contributed by atoms with E-state index in [1.54, 1.807) is 12.1 Å². The Bertz CT molecular complexity index is 945. The number of amides is 1. The summed E-state index contributed by atoms with van der Waals surface area (Å²) in [6.07, 6.45) is 1.07. The zero-order chi connectivity index (χ0) is 18.8. The van der Waals surface area contributed by atoms with Crippen molar-refractivity contribution in [1.82, 2.24) is 0 Å². The Balaban J connectivity index is 2.79. The van der Waals surface area contributed by atoms with E-state index in [4.69, 9.17) is 16.2 Å². The summed E-state index contributed by atoms with van der Waals surface area (Å²) in [6, 6.07) is 10.1. The zero-order valence-electron chi connectivity index (χ0n) is 14.1. The lowest BCUT2D eigenvalue weighted by molar-refractivity contribution is 0.0999. The highest BCUT2D eigenvalue weighted by atomic mass is 32.2. The van der Waals surface area contributed by atoms with E-state index in [1.165, 1.54) is 19.2 Å². The third-order valence-corrected chi connectivity index (χ3v) is 4.66. The number of hydrogen-bond acceptors (Lipinski definition) is 4. The van der Waals surface area contributed by atoms with Gasteiger partial charge in [0.15, 0.2) is 15.8 Å². The van der Waals surface area contributed by atoms with Gasteiger partial charge < -0.3 is 16.2 Å². The predicted octanol–water partition coefficient (Wildman–Crippen LogP) is 1.49. The fraction of sp³-hybridized carbons (Fsp3) is 0.176. The maximum Gasteiger partial charge on any atom is 0.283 e. The number of carbonyl (C=O) groups excluding carboxylic acids is 1. The number of sulfone groups is 1. The molecule has 4 N–H and O–H groups in total. The van der Waals surface area contributed by atoms with Gasteiger partial charge in [-0.05, 0) is 24.6 Å². The summed E-state index contributed by atoms with van der Waals surface area (Å²) in [7, 11) is -2.24. The maximum absolute atomic E-state index is 12.3. The van der Waals surface area contributed by atoms with Gasteiger partial charge in [-0.2, -0.15) is 4.99 Å². The number of aliphatic imine (C=N–C) groups is 1. The molecule has 7 nitrogen and oxygen atoms in total. The van der Waals surface area contributed by atoms with Crippen LogP contribution in [0.2, 0.25) is 0 Å². The molecule has 0 radical (unpaired) electrons. The molecule has 0 atom stereocenters. The van der Waals surface area contributed by atoms with Gasteiger partial charge in [0.1, 0.15) is 5.75 Å². The highest BCUT2D eigenvalue weighted by molar-refractivity contribution is 7.90. The molecule has 2 aromatic carbocycles. The summed E-state index contributed by atoms with van der Waals surface area (Å²) >= 11 is 0. The van der Waals surface area contributed by atoms with E-state index in [-0.39, 0.29) is 16.2 Å². The largest absolute Gasteiger partial charge is 0.496 e. The monoisotopic (exact) mass is 361 g/mol. The first kappa shape index (κ1) is 18.5. The van der Waals surface area contributed by atoms with E-state index in [0.29, 0.717) is 11.1 Å². The minimum Gasteiger partial charge on any atom is -0.496 e. The lowest BCUT2D eigenvalue weighted by Crippen LogP contribution is -2.24. The molecule has 8 heteroatoms. The smallest absolute Gasteiger partial charge is 0.283 e. The first-order valence-corrected chi connectivity index (χ1v) is 9.15. The van der Waals surface area contributed by atoms with E-state index in [9.17, 15) is 13.2 Å². The van der Waals surface area contributed by atoms with Crippen LogP contribution in [-0.4, -0.2) is 33.7 Å². The van der Waals surface area contributed by atoms with Gasteiger partial charge in [0.25, 0.3) is 5.91 Å². The Morgan fingerprint density at radius 3 is 2.20 bits per heavy atom. The van der Waals surface area contributed by atoms with Crippen LogP contribution in [0.3, 0.4) is 0 Å². The summed E-state index contributed by atoms with van der Waals surface area (Å²) in [5.74, 6) is -1.02. The number of rotatable bonds is 4. The molecule has 0 saturated carbocycles. The van der Waals surface area contributed by atoms with E-state index in [2.05, 4.69) is 4.99 Å². The molecule has 0 aromatic heterocycles. The van der Waals surface area contributed by atoms with Crippen LogP contribution in [0.1, 0.15) is 15.9 Å². The number of aryl methyl sites for hydroxylation is 1. The summed E-state index contributed by atoms with van der Waals surface area (Å²) in [5, 5.41) is 0. The van der Waals surface area contributed by atoms with Crippen molar-refractivity contribution < 1.29 is 17.9 Å². The molecule has 0 aliphatic carbocycles. The number of nitrogens with zero attached hydrogens (tertiary/aromatic N) is 1. The molecule has 0 unspecified atom stereocenters. The standard InChI is InChI=1S/C17H19N3O4S/c1-10-4-6-11(7-5-10)12-8-14(24-2)13(16(21)20-17(18)19)9-15(12)25(3,22)23/h4-9H,1-3H3,(H4,18,19,20,21). The van der Waals surface area contributed by atoms with Crippen molar-refractivity contribution in [3.05, 3.63) is 47.5 Å². The minimum absolute atomic E-state index is 0.00806. The molecule has 2 aromatic rings. The highest BCUT2D eigenvalue weighted by Crippen LogP contribution is 2.34. The second-order valence-electron chi connectivity index (χ2n) is 5.53. The van der Waals surface area contributed by atoms with Crippen molar-refractivity contribution in [1.29, 1.82) is 0 Å². The quantitative estimate of drug-likeness (QED) is 0.628. The van der Waals surface area contributed by atoms with Crippen LogP contribution in [0.4, 0.5) is 0 Å². The van der Waals surface area contributed by atoms with Crippen molar-refractivity contribution >= 4 is 21.7 Å². The zero-order valence-corrected chi connectivity index (χ0v) is 14.9. The van der Waals surface area contributed by atoms with Crippen molar-refractivity contribution in [2.75, 3.05) is 13.4 Å². The lowest BCUT2D eigenvalue weighted by atomic mass is 10.0. The van der Waals surface area contributed by atoms with Crippen LogP contribution in [0, 0.1) is 6.92 Å². The topological polar surface area (TPSA) is 125 Å². The fourth-order valence-electron chi connectivity index (χ4n) is 2.34. The van der Waals surface area contributed by atoms with E-state index in [0.717, 1.165) is 11.8 Å². The molecule has 0 saturated heterocycles. The SMILES string of the molecule is COc1cc(-c2ccc(C)cc2)c(S(C)(=O)=O)cc1C(=O)N=C(N)N. The molecule has 1 amide bonds. The average molecular weight is 361 g/mol. The molecular formula is C17H19N3O4S. The van der Waals surface area contributed by atoms with E-state index in [1.807, 2.05) is 19.1 Å². The van der Waals surface area contributed by atoms with Gasteiger partial charge in [0.05, 0.1) is 17.6 Å². The number of hydrogen-bond donors (Lipinski definition) is 2. The molecule has 0 aliphatic heterocycles. The predicted molar refractivity (Wildman–Crippen MR) is 96.4 cm³/mol. The number of nitrogens with two attached hydrogens (primary N) is 2. The number of benzene rings is 2. The van der Waals surface area contributed by atoms with E-state index >= 15 is 0 Å². The number of methoxy groups -OCH3 is 1. The summed E-state index contributed by atoms with van der Waals surface area (Å²) in [5.41, 5.74) is 12.6. The Labute approximate surface area is 146 Å². The average Bonchev–Trinajstić information content (AvgIpc) is 2.52. The second-order valence-corrected chi connectivity index (χ2v) is 7.51. The molecule has 0 aliphatic rings. The van der Waals surface area contributed by atoms with Gasteiger partial charge >= 0.3 is 0 Å². The highest BCUT2D eigenvalue weighted by Gasteiger charge is 2.22. The third-order valence-electron chi connectivity index (χ3n) is 3.52. The van der Waals surface area contributed by atoms with Crippen molar-refractivity contribution in [3.8, 4) is 16.9 Å². The molecule has 0 fully saturated rings. The van der Waals surface area contributed by atoms with Gasteiger partial charge in [0, 0.05) is 11.8 Å². The summed E-state index contributed by atoms with van der Waals surface area (Å²) < 4.78 is 29.7.